The van der Waals surface area contributed by atoms with Crippen LogP contribution in [0, 0.1) is 0 Å². The second-order valence-electron chi connectivity index (χ2n) is 3.99. The highest BCUT2D eigenvalue weighted by Crippen LogP contribution is 2.47. The van der Waals surface area contributed by atoms with Crippen molar-refractivity contribution in [3.63, 3.8) is 0 Å². The minimum absolute atomic E-state index is 0.0995. The van der Waals surface area contributed by atoms with Gasteiger partial charge in [-0.25, -0.2) is 5.43 Å². The summed E-state index contributed by atoms with van der Waals surface area (Å²) in [6.45, 7) is 3.72. The highest BCUT2D eigenvalue weighted by molar-refractivity contribution is 7.54. The Morgan fingerprint density at radius 1 is 1.38 bits per heavy atom. The molecule has 0 aromatic heterocycles. The third-order valence-corrected chi connectivity index (χ3v) is 4.24. The molecule has 0 radical (unpaired) electrons. The normalized spacial score (nSPS) is 11.7. The molecule has 0 aliphatic rings. The molecule has 0 bridgehead atoms. The lowest BCUT2D eigenvalue weighted by Gasteiger charge is -2.15. The highest BCUT2D eigenvalue weighted by Gasteiger charge is 2.27. The van der Waals surface area contributed by atoms with Gasteiger partial charge in [0.1, 0.15) is 11.9 Å². The Morgan fingerprint density at radius 2 is 2.05 bits per heavy atom. The molecule has 8 heteroatoms. The molecule has 0 saturated heterocycles. The molecule has 0 saturated carbocycles. The largest absolute Gasteiger partial charge is 0.508 e. The number of rotatable bonds is 8. The summed E-state index contributed by atoms with van der Waals surface area (Å²) in [5.74, 6) is -0.473. The zero-order valence-corrected chi connectivity index (χ0v) is 12.9. The molecule has 21 heavy (non-hydrogen) atoms. The summed E-state index contributed by atoms with van der Waals surface area (Å²) in [4.78, 5) is 11.7. The molecule has 0 aliphatic carbocycles. The van der Waals surface area contributed by atoms with Crippen molar-refractivity contribution >= 4 is 19.7 Å². The predicted molar refractivity (Wildman–Crippen MR) is 79.6 cm³/mol. The van der Waals surface area contributed by atoms with E-state index in [9.17, 15) is 14.5 Å². The number of phenols is 1. The summed E-state index contributed by atoms with van der Waals surface area (Å²) in [6, 6.07) is 6.37. The van der Waals surface area contributed by atoms with Crippen molar-refractivity contribution in [3.05, 3.63) is 29.8 Å². The lowest BCUT2D eigenvalue weighted by atomic mass is 10.2. The SMILES string of the molecule is CCOP(=O)(CC(=O)NN=Cc1cccc(O)c1)OCC. The van der Waals surface area contributed by atoms with Gasteiger partial charge in [0.05, 0.1) is 19.4 Å². The highest BCUT2D eigenvalue weighted by atomic mass is 31.2. The maximum absolute atomic E-state index is 12.1. The fourth-order valence-electron chi connectivity index (χ4n) is 1.52. The molecule has 0 unspecified atom stereocenters. The standard InChI is InChI=1S/C13H19N2O5P/c1-3-19-21(18,20-4-2)10-13(17)15-14-9-11-6-5-7-12(16)8-11/h5-9,16H,3-4,10H2,1-2H3,(H,15,17). The first-order valence-electron chi connectivity index (χ1n) is 6.48. The lowest BCUT2D eigenvalue weighted by molar-refractivity contribution is -0.118. The number of amides is 1. The second kappa shape index (κ2) is 8.56. The Labute approximate surface area is 123 Å². The Bertz CT molecular complexity index is 537. The van der Waals surface area contributed by atoms with E-state index in [1.807, 2.05) is 0 Å². The fraction of sp³-hybridized carbons (Fsp3) is 0.385. The van der Waals surface area contributed by atoms with Crippen LogP contribution < -0.4 is 5.43 Å². The predicted octanol–water partition coefficient (Wildman–Crippen LogP) is 2.11. The zero-order chi connectivity index (χ0) is 15.7. The van der Waals surface area contributed by atoms with Gasteiger partial charge < -0.3 is 14.2 Å². The van der Waals surface area contributed by atoms with Gasteiger partial charge in [0.2, 0.25) is 0 Å². The van der Waals surface area contributed by atoms with Crippen LogP contribution in [0.25, 0.3) is 0 Å². The van der Waals surface area contributed by atoms with E-state index in [0.717, 1.165) is 0 Å². The van der Waals surface area contributed by atoms with E-state index >= 15 is 0 Å². The molecule has 2 N–H and O–H groups in total. The molecule has 0 fully saturated rings. The minimum Gasteiger partial charge on any atom is -0.508 e. The topological polar surface area (TPSA) is 97.2 Å². The second-order valence-corrected chi connectivity index (χ2v) is 6.05. The van der Waals surface area contributed by atoms with Crippen LogP contribution in [-0.2, 0) is 18.4 Å². The zero-order valence-electron chi connectivity index (χ0n) is 12.0. The summed E-state index contributed by atoms with van der Waals surface area (Å²) in [7, 11) is -3.42. The van der Waals surface area contributed by atoms with Crippen LogP contribution in [0.3, 0.4) is 0 Å². The molecule has 0 aliphatic heterocycles. The van der Waals surface area contributed by atoms with Crippen molar-refractivity contribution in [2.75, 3.05) is 19.4 Å². The van der Waals surface area contributed by atoms with Crippen molar-refractivity contribution in [2.24, 2.45) is 5.10 Å². The number of nitrogens with one attached hydrogen (secondary N) is 1. The van der Waals surface area contributed by atoms with Gasteiger partial charge in [0.25, 0.3) is 5.91 Å². The van der Waals surface area contributed by atoms with Gasteiger partial charge >= 0.3 is 7.60 Å². The smallest absolute Gasteiger partial charge is 0.340 e. The van der Waals surface area contributed by atoms with E-state index in [-0.39, 0.29) is 19.0 Å². The fourth-order valence-corrected chi connectivity index (χ4v) is 2.98. The number of hydrogen-bond donors (Lipinski definition) is 2. The Morgan fingerprint density at radius 3 is 2.62 bits per heavy atom. The number of aromatic hydroxyl groups is 1. The average Bonchev–Trinajstić information content (AvgIpc) is 2.38. The van der Waals surface area contributed by atoms with E-state index < -0.39 is 19.7 Å². The molecule has 116 valence electrons. The van der Waals surface area contributed by atoms with Gasteiger partial charge in [0.15, 0.2) is 0 Å². The van der Waals surface area contributed by atoms with Crippen molar-refractivity contribution < 1.29 is 23.5 Å². The summed E-state index contributed by atoms with van der Waals surface area (Å²) in [5, 5.41) is 13.0. The van der Waals surface area contributed by atoms with Crippen molar-refractivity contribution in [1.82, 2.24) is 5.43 Å². The van der Waals surface area contributed by atoms with Gasteiger partial charge in [-0.1, -0.05) is 12.1 Å². The van der Waals surface area contributed by atoms with Gasteiger partial charge in [-0.3, -0.25) is 9.36 Å². The molecule has 0 atom stereocenters. The van der Waals surface area contributed by atoms with Crippen LogP contribution in [0.2, 0.25) is 0 Å². The quantitative estimate of drug-likeness (QED) is 0.435. The first kappa shape index (κ1) is 17.4. The number of carbonyl (C=O) groups excluding carboxylic acids is 1. The number of nitrogens with zero attached hydrogens (tertiary/aromatic N) is 1. The average molecular weight is 314 g/mol. The number of phenolic OH excluding ortho intramolecular Hbond substituents is 1. The first-order chi connectivity index (χ1) is 9.99. The minimum atomic E-state index is -3.42. The molecule has 1 aromatic rings. The molecule has 7 nitrogen and oxygen atoms in total. The summed E-state index contributed by atoms with van der Waals surface area (Å²) < 4.78 is 22.1. The van der Waals surface area contributed by atoms with E-state index in [4.69, 9.17) is 9.05 Å². The number of hydrogen-bond acceptors (Lipinski definition) is 6. The van der Waals surface area contributed by atoms with Crippen LogP contribution in [0.15, 0.2) is 29.4 Å². The van der Waals surface area contributed by atoms with Crippen LogP contribution in [-0.4, -0.2) is 36.6 Å². The summed E-state index contributed by atoms with van der Waals surface area (Å²) >= 11 is 0. The third-order valence-electron chi connectivity index (χ3n) is 2.26. The summed E-state index contributed by atoms with van der Waals surface area (Å²) in [6.07, 6.45) is 0.968. The van der Waals surface area contributed by atoms with E-state index in [0.29, 0.717) is 5.56 Å². The van der Waals surface area contributed by atoms with Crippen LogP contribution >= 0.6 is 7.60 Å². The number of hydrazone groups is 1. The summed E-state index contributed by atoms with van der Waals surface area (Å²) in [5.41, 5.74) is 2.86. The lowest BCUT2D eigenvalue weighted by Crippen LogP contribution is -2.22. The molecular weight excluding hydrogens is 295 g/mol. The van der Waals surface area contributed by atoms with Crippen LogP contribution in [0.5, 0.6) is 5.75 Å². The molecule has 0 heterocycles. The Hall–Kier alpha value is -1.69. The Balaban J connectivity index is 2.55. The monoisotopic (exact) mass is 314 g/mol. The first-order valence-corrected chi connectivity index (χ1v) is 8.21. The van der Waals surface area contributed by atoms with Crippen molar-refractivity contribution in [2.45, 2.75) is 13.8 Å². The Kier molecular flexibility index (Phi) is 7.08. The molecule has 1 amide bonds. The number of benzene rings is 1. The maximum atomic E-state index is 12.1. The number of carbonyl (C=O) groups is 1. The van der Waals surface area contributed by atoms with Crippen LogP contribution in [0.1, 0.15) is 19.4 Å². The maximum Gasteiger partial charge on any atom is 0.340 e. The van der Waals surface area contributed by atoms with Crippen LogP contribution in [0.4, 0.5) is 0 Å². The molecule has 0 spiro atoms. The van der Waals surface area contributed by atoms with Crippen molar-refractivity contribution in [3.8, 4) is 5.75 Å². The van der Waals surface area contributed by atoms with E-state index in [2.05, 4.69) is 10.5 Å². The van der Waals surface area contributed by atoms with Crippen molar-refractivity contribution in [1.29, 1.82) is 0 Å². The van der Waals surface area contributed by atoms with E-state index in [1.54, 1.807) is 26.0 Å². The van der Waals surface area contributed by atoms with Gasteiger partial charge in [-0.05, 0) is 31.5 Å². The van der Waals surface area contributed by atoms with Gasteiger partial charge in [0, 0.05) is 0 Å². The molecular formula is C13H19N2O5P. The third kappa shape index (κ3) is 6.53. The molecule has 1 rings (SSSR count). The molecule has 1 aromatic carbocycles. The van der Waals surface area contributed by atoms with Gasteiger partial charge in [-0.2, -0.15) is 5.10 Å². The van der Waals surface area contributed by atoms with E-state index in [1.165, 1.54) is 18.3 Å². The van der Waals surface area contributed by atoms with Gasteiger partial charge in [-0.15, -0.1) is 0 Å².